The van der Waals surface area contributed by atoms with Crippen molar-refractivity contribution in [3.63, 3.8) is 0 Å². The molecule has 1 aliphatic rings. The molecule has 27 heavy (non-hydrogen) atoms. The van der Waals surface area contributed by atoms with Crippen molar-refractivity contribution in [3.8, 4) is 0 Å². The highest BCUT2D eigenvalue weighted by Crippen LogP contribution is 2.22. The molecule has 0 spiro atoms. The molecule has 2 N–H and O–H groups in total. The van der Waals surface area contributed by atoms with Gasteiger partial charge in [0.25, 0.3) is 0 Å². The maximum atomic E-state index is 12.7. The van der Waals surface area contributed by atoms with Crippen molar-refractivity contribution < 1.29 is 24.6 Å². The summed E-state index contributed by atoms with van der Waals surface area (Å²) in [6, 6.07) is 5.76. The van der Waals surface area contributed by atoms with Gasteiger partial charge in [0, 0.05) is 6.54 Å². The lowest BCUT2D eigenvalue weighted by molar-refractivity contribution is -0.153. The van der Waals surface area contributed by atoms with Crippen molar-refractivity contribution >= 4 is 17.8 Å². The zero-order valence-corrected chi connectivity index (χ0v) is 15.0. The van der Waals surface area contributed by atoms with Gasteiger partial charge in [-0.2, -0.15) is 0 Å². The van der Waals surface area contributed by atoms with E-state index < -0.39 is 36.0 Å². The van der Waals surface area contributed by atoms with Crippen LogP contribution in [-0.2, 0) is 20.8 Å². The van der Waals surface area contributed by atoms with Gasteiger partial charge in [-0.3, -0.25) is 4.79 Å². The van der Waals surface area contributed by atoms with Crippen molar-refractivity contribution in [2.75, 3.05) is 6.54 Å². The van der Waals surface area contributed by atoms with Crippen molar-refractivity contribution in [2.45, 2.75) is 50.7 Å². The summed E-state index contributed by atoms with van der Waals surface area (Å²) in [6.45, 7) is 1.63. The molecule has 0 aliphatic carbocycles. The van der Waals surface area contributed by atoms with E-state index in [1.54, 1.807) is 0 Å². The number of rotatable bonds is 9. The fourth-order valence-electron chi connectivity index (χ4n) is 3.35. The van der Waals surface area contributed by atoms with E-state index in [0.29, 0.717) is 19.3 Å². The number of likely N-dealkylation sites (tertiary alicyclic amines) is 1. The predicted molar refractivity (Wildman–Crippen MR) is 95.7 cm³/mol. The Bertz CT molecular complexity index is 696. The number of carbonyl (C=O) groups is 3. The van der Waals surface area contributed by atoms with Gasteiger partial charge in [-0.1, -0.05) is 30.3 Å². The Morgan fingerprint density at radius 2 is 1.93 bits per heavy atom. The second-order valence-corrected chi connectivity index (χ2v) is 6.54. The van der Waals surface area contributed by atoms with Gasteiger partial charge in [0.1, 0.15) is 18.1 Å². The maximum Gasteiger partial charge on any atom is 0.328 e. The average molecular weight is 377 g/mol. The molecule has 0 aromatic heterocycles. The molecule has 1 aromatic rings. The van der Waals surface area contributed by atoms with E-state index in [2.05, 4.69) is 5.29 Å². The standard InChI is InChI=1S/C18H23N3O6/c1-12(16(22)20-11-5-8-14(20)17(23)24)21(19-27)15(18(25)26)10-9-13-6-3-2-4-7-13/h2-4,6-7,12,14-15H,5,8-11H2,1H3,(H,23,24)(H,25,26)/t12-,14-,15-/m0/s1. The lowest BCUT2D eigenvalue weighted by Crippen LogP contribution is -2.53. The monoisotopic (exact) mass is 377 g/mol. The van der Waals surface area contributed by atoms with Crippen LogP contribution in [0.1, 0.15) is 31.7 Å². The molecule has 1 aromatic carbocycles. The number of benzene rings is 1. The van der Waals surface area contributed by atoms with E-state index in [1.807, 2.05) is 30.3 Å². The SMILES string of the molecule is C[C@@H](C(=O)N1CCC[C@H]1C(=O)O)N(N=O)[C@@H](CCc1ccccc1)C(=O)O. The fraction of sp³-hybridized carbons (Fsp3) is 0.500. The summed E-state index contributed by atoms with van der Waals surface area (Å²) >= 11 is 0. The van der Waals surface area contributed by atoms with Crippen LogP contribution in [0.15, 0.2) is 35.6 Å². The van der Waals surface area contributed by atoms with Crippen molar-refractivity contribution in [3.05, 3.63) is 40.8 Å². The third-order valence-electron chi connectivity index (χ3n) is 4.82. The average Bonchev–Trinajstić information content (AvgIpc) is 3.14. The number of carbonyl (C=O) groups excluding carboxylic acids is 1. The van der Waals surface area contributed by atoms with E-state index >= 15 is 0 Å². The molecule has 2 rings (SSSR count). The molecule has 1 amide bonds. The first-order chi connectivity index (χ1) is 12.9. The molecular formula is C18H23N3O6. The Morgan fingerprint density at radius 3 is 2.48 bits per heavy atom. The maximum absolute atomic E-state index is 12.7. The minimum absolute atomic E-state index is 0.0884. The zero-order chi connectivity index (χ0) is 20.0. The molecule has 9 nitrogen and oxygen atoms in total. The number of aliphatic carboxylic acids is 2. The van der Waals surface area contributed by atoms with Gasteiger partial charge >= 0.3 is 11.9 Å². The van der Waals surface area contributed by atoms with Crippen LogP contribution in [0.4, 0.5) is 0 Å². The van der Waals surface area contributed by atoms with E-state index in [1.165, 1.54) is 11.8 Å². The Hall–Kier alpha value is -2.97. The van der Waals surface area contributed by atoms with Crippen LogP contribution in [0, 0.1) is 4.91 Å². The van der Waals surface area contributed by atoms with Crippen molar-refractivity contribution in [1.82, 2.24) is 9.91 Å². The molecule has 9 heteroatoms. The molecule has 1 saturated heterocycles. The van der Waals surface area contributed by atoms with E-state index in [9.17, 15) is 29.5 Å². The molecule has 0 unspecified atom stereocenters. The third-order valence-corrected chi connectivity index (χ3v) is 4.82. The van der Waals surface area contributed by atoms with E-state index in [0.717, 1.165) is 10.6 Å². The van der Waals surface area contributed by atoms with E-state index in [4.69, 9.17) is 0 Å². The van der Waals surface area contributed by atoms with Gasteiger partial charge in [-0.05, 0) is 38.2 Å². The van der Waals surface area contributed by atoms with Crippen LogP contribution in [0.3, 0.4) is 0 Å². The van der Waals surface area contributed by atoms with Crippen molar-refractivity contribution in [2.24, 2.45) is 5.29 Å². The first-order valence-corrected chi connectivity index (χ1v) is 8.78. The second-order valence-electron chi connectivity index (χ2n) is 6.54. The first-order valence-electron chi connectivity index (χ1n) is 8.78. The Morgan fingerprint density at radius 1 is 1.26 bits per heavy atom. The van der Waals surface area contributed by atoms with Crippen LogP contribution in [0.2, 0.25) is 0 Å². The number of carboxylic acids is 2. The second kappa shape index (κ2) is 9.11. The van der Waals surface area contributed by atoms with Gasteiger partial charge in [-0.15, -0.1) is 4.91 Å². The van der Waals surface area contributed by atoms with Crippen LogP contribution in [0.5, 0.6) is 0 Å². The van der Waals surface area contributed by atoms with Gasteiger partial charge < -0.3 is 15.1 Å². The number of amides is 1. The molecule has 146 valence electrons. The smallest absolute Gasteiger partial charge is 0.328 e. The van der Waals surface area contributed by atoms with Crippen LogP contribution >= 0.6 is 0 Å². The minimum Gasteiger partial charge on any atom is -0.480 e. The van der Waals surface area contributed by atoms with Gasteiger partial charge in [0.2, 0.25) is 5.91 Å². The minimum atomic E-state index is -1.28. The summed E-state index contributed by atoms with van der Waals surface area (Å²) in [5.74, 6) is -2.98. The van der Waals surface area contributed by atoms with Crippen molar-refractivity contribution in [1.29, 1.82) is 0 Å². The lowest BCUT2D eigenvalue weighted by Gasteiger charge is -2.32. The van der Waals surface area contributed by atoms with E-state index in [-0.39, 0.29) is 13.0 Å². The normalized spacial score (nSPS) is 18.6. The molecule has 1 fully saturated rings. The third kappa shape index (κ3) is 4.81. The quantitative estimate of drug-likeness (QED) is 0.493. The lowest BCUT2D eigenvalue weighted by atomic mass is 10.0. The Kier molecular flexibility index (Phi) is 6.86. The summed E-state index contributed by atoms with van der Waals surface area (Å²) in [5, 5.41) is 22.3. The molecule has 0 radical (unpaired) electrons. The molecule has 3 atom stereocenters. The number of hydrogen-bond donors (Lipinski definition) is 2. The summed E-state index contributed by atoms with van der Waals surface area (Å²) in [7, 11) is 0. The number of nitrogens with zero attached hydrogens (tertiary/aromatic N) is 3. The van der Waals surface area contributed by atoms with Gasteiger partial charge in [-0.25, -0.2) is 14.6 Å². The van der Waals surface area contributed by atoms with Gasteiger partial charge in [0.05, 0.1) is 5.29 Å². The number of aryl methyl sites for hydroxylation is 1. The largest absolute Gasteiger partial charge is 0.480 e. The molecule has 0 bridgehead atoms. The zero-order valence-electron chi connectivity index (χ0n) is 15.0. The highest BCUT2D eigenvalue weighted by atomic mass is 16.4. The van der Waals surface area contributed by atoms with Crippen LogP contribution in [0.25, 0.3) is 0 Å². The molecule has 0 saturated carbocycles. The molecular weight excluding hydrogens is 354 g/mol. The van der Waals surface area contributed by atoms with Crippen LogP contribution < -0.4 is 0 Å². The highest BCUT2D eigenvalue weighted by Gasteiger charge is 2.40. The van der Waals surface area contributed by atoms with Crippen LogP contribution in [-0.4, -0.2) is 62.6 Å². The topological polar surface area (TPSA) is 128 Å². The Balaban J connectivity index is 2.12. The fourth-order valence-corrected chi connectivity index (χ4v) is 3.35. The molecule has 1 aliphatic heterocycles. The number of carboxylic acid groups (broad SMARTS) is 2. The number of nitroso groups, excluding NO2 is 1. The first kappa shape index (κ1) is 20.3. The summed E-state index contributed by atoms with van der Waals surface area (Å²) < 4.78 is 0. The summed E-state index contributed by atoms with van der Waals surface area (Å²) in [5.41, 5.74) is 0.902. The Labute approximate surface area is 156 Å². The summed E-state index contributed by atoms with van der Waals surface area (Å²) in [4.78, 5) is 48.2. The number of hydrogen-bond acceptors (Lipinski definition) is 5. The highest BCUT2D eigenvalue weighted by molar-refractivity contribution is 5.88. The summed E-state index contributed by atoms with van der Waals surface area (Å²) in [6.07, 6.45) is 1.36. The predicted octanol–water partition coefficient (Wildman–Crippen LogP) is 1.52. The van der Waals surface area contributed by atoms with Gasteiger partial charge in [0.15, 0.2) is 0 Å². The molecule has 1 heterocycles.